The van der Waals surface area contributed by atoms with Crippen molar-refractivity contribution in [1.29, 1.82) is 0 Å². The van der Waals surface area contributed by atoms with Gasteiger partial charge in [-0.15, -0.1) is 0 Å². The molecule has 0 aliphatic rings. The molecule has 0 spiro atoms. The number of hydrogen-bond donors (Lipinski definition) is 0. The Morgan fingerprint density at radius 2 is 2.17 bits per heavy atom. The van der Waals surface area contributed by atoms with Gasteiger partial charge in [-0.25, -0.2) is 13.8 Å². The highest BCUT2D eigenvalue weighted by molar-refractivity contribution is 14.1. The van der Waals surface area contributed by atoms with Crippen LogP contribution in [0.25, 0.3) is 0 Å². The minimum absolute atomic E-state index is 0.0481. The number of alkyl halides is 2. The smallest absolute Gasteiger partial charge is 0.240 e. The van der Waals surface area contributed by atoms with Gasteiger partial charge in [0, 0.05) is 11.3 Å². The van der Waals surface area contributed by atoms with Gasteiger partial charge in [-0.05, 0) is 35.6 Å². The van der Waals surface area contributed by atoms with Crippen LogP contribution in [0.4, 0.5) is 8.78 Å². The Morgan fingerprint density at radius 3 is 2.67 bits per heavy atom. The monoisotopic (exact) mass is 303 g/mol. The van der Waals surface area contributed by atoms with Crippen molar-refractivity contribution < 1.29 is 8.78 Å². The summed E-state index contributed by atoms with van der Waals surface area (Å²) in [5.41, 5.74) is 0.462. The molecule has 0 fully saturated rings. The van der Waals surface area contributed by atoms with Crippen LogP contribution in [-0.4, -0.2) is 4.98 Å². The molecule has 1 heterocycles. The molecule has 0 aliphatic heterocycles. The van der Waals surface area contributed by atoms with Crippen LogP contribution in [0, 0.1) is 10.5 Å². The highest BCUT2D eigenvalue weighted by Gasteiger charge is 2.15. The van der Waals surface area contributed by atoms with Gasteiger partial charge in [-0.2, -0.15) is 0 Å². The second-order valence-corrected chi connectivity index (χ2v) is 3.70. The third-order valence-electron chi connectivity index (χ3n) is 1.31. The van der Waals surface area contributed by atoms with Crippen molar-refractivity contribution >= 4 is 34.2 Å². The first-order valence-corrected chi connectivity index (χ1v) is 4.58. The van der Waals surface area contributed by atoms with Gasteiger partial charge >= 0.3 is 0 Å². The SMILES string of the molecule is Cc1cc(C(F)F)c(I)c(Cl)n1. The van der Waals surface area contributed by atoms with Crippen LogP contribution in [-0.2, 0) is 0 Å². The van der Waals surface area contributed by atoms with Crippen LogP contribution in [0.15, 0.2) is 6.07 Å². The standard InChI is InChI=1S/C7H5ClF2IN/c1-3-2-4(7(9)10)5(11)6(8)12-3/h2,7H,1H3. The average molecular weight is 303 g/mol. The molecule has 1 aromatic rings. The van der Waals surface area contributed by atoms with Crippen LogP contribution < -0.4 is 0 Å². The average Bonchev–Trinajstić information content (AvgIpc) is 1.96. The molecule has 0 N–H and O–H groups in total. The first-order chi connectivity index (χ1) is 5.52. The zero-order valence-corrected chi connectivity index (χ0v) is 9.03. The second-order valence-electron chi connectivity index (χ2n) is 2.26. The molecule has 1 aromatic heterocycles. The Bertz CT molecular complexity index is 304. The van der Waals surface area contributed by atoms with E-state index in [2.05, 4.69) is 4.98 Å². The van der Waals surface area contributed by atoms with Crippen LogP contribution in [0.1, 0.15) is 17.7 Å². The van der Waals surface area contributed by atoms with Gasteiger partial charge in [-0.3, -0.25) is 0 Å². The molecule has 0 aromatic carbocycles. The molecular weight excluding hydrogens is 298 g/mol. The number of rotatable bonds is 1. The summed E-state index contributed by atoms with van der Waals surface area (Å²) in [6.45, 7) is 1.63. The highest BCUT2D eigenvalue weighted by atomic mass is 127. The van der Waals surface area contributed by atoms with Crippen molar-refractivity contribution in [2.24, 2.45) is 0 Å². The quantitative estimate of drug-likeness (QED) is 0.571. The molecule has 0 unspecified atom stereocenters. The molecule has 0 atom stereocenters. The van der Waals surface area contributed by atoms with Gasteiger partial charge in [0.25, 0.3) is 6.43 Å². The van der Waals surface area contributed by atoms with Crippen molar-refractivity contribution in [2.75, 3.05) is 0 Å². The maximum Gasteiger partial charge on any atom is 0.265 e. The lowest BCUT2D eigenvalue weighted by Gasteiger charge is -2.05. The molecule has 1 rings (SSSR count). The van der Waals surface area contributed by atoms with Crippen molar-refractivity contribution in [3.05, 3.63) is 26.0 Å². The Hall–Kier alpha value is 0.0300. The van der Waals surface area contributed by atoms with E-state index in [4.69, 9.17) is 11.6 Å². The predicted molar refractivity (Wildman–Crippen MR) is 51.7 cm³/mol. The summed E-state index contributed by atoms with van der Waals surface area (Å²) in [5, 5.41) is 0.144. The van der Waals surface area contributed by atoms with E-state index in [1.807, 2.05) is 0 Å². The molecule has 0 aliphatic carbocycles. The first kappa shape index (κ1) is 10.1. The third kappa shape index (κ3) is 2.04. The van der Waals surface area contributed by atoms with E-state index in [1.54, 1.807) is 29.5 Å². The molecule has 1 nitrogen and oxygen atoms in total. The van der Waals surface area contributed by atoms with Gasteiger partial charge in [0.1, 0.15) is 5.15 Å². The topological polar surface area (TPSA) is 12.9 Å². The lowest BCUT2D eigenvalue weighted by molar-refractivity contribution is 0.150. The third-order valence-corrected chi connectivity index (χ3v) is 3.03. The summed E-state index contributed by atoms with van der Waals surface area (Å²) >= 11 is 7.37. The molecule has 0 saturated heterocycles. The van der Waals surface area contributed by atoms with Crippen molar-refractivity contribution in [3.63, 3.8) is 0 Å². The molecule has 0 bridgehead atoms. The summed E-state index contributed by atoms with van der Waals surface area (Å²) in [7, 11) is 0. The maximum absolute atomic E-state index is 12.3. The Kier molecular flexibility index (Phi) is 3.22. The molecule has 5 heteroatoms. The molecule has 12 heavy (non-hydrogen) atoms. The minimum Gasteiger partial charge on any atom is -0.240 e. The lowest BCUT2D eigenvalue weighted by Crippen LogP contribution is -1.95. The summed E-state index contributed by atoms with van der Waals surface area (Å²) in [4.78, 5) is 3.84. The largest absolute Gasteiger partial charge is 0.265 e. The Morgan fingerprint density at radius 1 is 1.58 bits per heavy atom. The van der Waals surface area contributed by atoms with E-state index in [-0.39, 0.29) is 10.7 Å². The number of aromatic nitrogens is 1. The number of nitrogens with zero attached hydrogens (tertiary/aromatic N) is 1. The summed E-state index contributed by atoms with van der Waals surface area (Å²) in [5.74, 6) is 0. The van der Waals surface area contributed by atoms with Crippen molar-refractivity contribution in [2.45, 2.75) is 13.3 Å². The number of hydrogen-bond acceptors (Lipinski definition) is 1. The molecule has 0 radical (unpaired) electrons. The van der Waals surface area contributed by atoms with E-state index in [0.717, 1.165) is 0 Å². The van der Waals surface area contributed by atoms with Crippen LogP contribution in [0.2, 0.25) is 5.15 Å². The van der Waals surface area contributed by atoms with E-state index in [9.17, 15) is 8.78 Å². The summed E-state index contributed by atoms with van der Waals surface area (Å²) < 4.78 is 24.9. The van der Waals surface area contributed by atoms with E-state index in [1.165, 1.54) is 6.07 Å². The Balaban J connectivity index is 3.28. The van der Waals surface area contributed by atoms with E-state index >= 15 is 0 Å². The molecule has 0 amide bonds. The fourth-order valence-electron chi connectivity index (χ4n) is 0.802. The maximum atomic E-state index is 12.3. The Labute approximate surface area is 87.3 Å². The van der Waals surface area contributed by atoms with Crippen molar-refractivity contribution in [3.8, 4) is 0 Å². The molecular formula is C7H5ClF2IN. The van der Waals surface area contributed by atoms with Gasteiger partial charge in [0.05, 0.1) is 3.57 Å². The van der Waals surface area contributed by atoms with Gasteiger partial charge in [0.15, 0.2) is 0 Å². The lowest BCUT2D eigenvalue weighted by atomic mass is 10.2. The zero-order chi connectivity index (χ0) is 9.30. The molecule has 0 saturated carbocycles. The van der Waals surface area contributed by atoms with Gasteiger partial charge < -0.3 is 0 Å². The van der Waals surface area contributed by atoms with Gasteiger partial charge in [-0.1, -0.05) is 11.6 Å². The van der Waals surface area contributed by atoms with Crippen LogP contribution in [0.5, 0.6) is 0 Å². The first-order valence-electron chi connectivity index (χ1n) is 3.13. The summed E-state index contributed by atoms with van der Waals surface area (Å²) in [6.07, 6.45) is -2.49. The summed E-state index contributed by atoms with van der Waals surface area (Å²) in [6, 6.07) is 1.35. The number of halogens is 4. The predicted octanol–water partition coefficient (Wildman–Crippen LogP) is 3.59. The number of aryl methyl sites for hydroxylation is 1. The van der Waals surface area contributed by atoms with Crippen molar-refractivity contribution in [1.82, 2.24) is 4.98 Å². The van der Waals surface area contributed by atoms with Crippen LogP contribution in [0.3, 0.4) is 0 Å². The van der Waals surface area contributed by atoms with Gasteiger partial charge in [0.2, 0.25) is 0 Å². The highest BCUT2D eigenvalue weighted by Crippen LogP contribution is 2.28. The van der Waals surface area contributed by atoms with E-state index in [0.29, 0.717) is 9.26 Å². The second kappa shape index (κ2) is 3.83. The fourth-order valence-corrected chi connectivity index (χ4v) is 1.56. The van der Waals surface area contributed by atoms with E-state index < -0.39 is 6.43 Å². The molecule has 66 valence electrons. The fraction of sp³-hybridized carbons (Fsp3) is 0.286. The minimum atomic E-state index is -2.49. The van der Waals surface area contributed by atoms with Crippen LogP contribution >= 0.6 is 34.2 Å². The number of pyridine rings is 1. The normalized spacial score (nSPS) is 10.8. The zero-order valence-electron chi connectivity index (χ0n) is 6.11.